The smallest absolute Gasteiger partial charge is 0.273 e. The van der Waals surface area contributed by atoms with Crippen LogP contribution in [0.5, 0.6) is 11.5 Å². The summed E-state index contributed by atoms with van der Waals surface area (Å²) < 4.78 is 34.4. The zero-order valence-electron chi connectivity index (χ0n) is 12.7. The number of nitrogens with one attached hydrogen (secondary N) is 1. The molecule has 0 saturated heterocycles. The molecular formula is C18H11F2N3O2. The zero-order valence-corrected chi connectivity index (χ0v) is 12.7. The highest BCUT2D eigenvalue weighted by Crippen LogP contribution is 2.28. The number of H-pyrrole nitrogens is 1. The van der Waals surface area contributed by atoms with E-state index in [1.54, 1.807) is 47.3 Å². The van der Waals surface area contributed by atoms with Gasteiger partial charge < -0.3 is 9.30 Å². The van der Waals surface area contributed by atoms with E-state index in [-0.39, 0.29) is 5.56 Å². The third-order valence-electron chi connectivity index (χ3n) is 3.78. The van der Waals surface area contributed by atoms with Crippen molar-refractivity contribution in [3.05, 3.63) is 82.9 Å². The molecule has 5 nitrogen and oxygen atoms in total. The van der Waals surface area contributed by atoms with Crippen LogP contribution in [0.25, 0.3) is 16.6 Å². The summed E-state index contributed by atoms with van der Waals surface area (Å²) in [6.45, 7) is 0. The lowest BCUT2D eigenvalue weighted by Crippen LogP contribution is -2.07. The summed E-state index contributed by atoms with van der Waals surface area (Å²) >= 11 is 0. The highest BCUT2D eigenvalue weighted by atomic mass is 19.1. The van der Waals surface area contributed by atoms with Gasteiger partial charge in [-0.1, -0.05) is 6.07 Å². The molecule has 0 radical (unpaired) electrons. The summed E-state index contributed by atoms with van der Waals surface area (Å²) in [5, 5.41) is 6.69. The molecule has 0 aliphatic heterocycles. The van der Waals surface area contributed by atoms with Crippen LogP contribution in [0.1, 0.15) is 0 Å². The minimum Gasteiger partial charge on any atom is -0.451 e. The molecule has 4 rings (SSSR count). The molecule has 25 heavy (non-hydrogen) atoms. The number of para-hydroxylation sites is 1. The van der Waals surface area contributed by atoms with Gasteiger partial charge >= 0.3 is 0 Å². The zero-order chi connectivity index (χ0) is 17.4. The molecule has 0 spiro atoms. The number of hydrogen-bond donors (Lipinski definition) is 1. The van der Waals surface area contributed by atoms with Gasteiger partial charge in [-0.2, -0.15) is 5.10 Å². The van der Waals surface area contributed by atoms with Crippen LogP contribution in [0.2, 0.25) is 0 Å². The first kappa shape index (κ1) is 15.1. The molecule has 0 amide bonds. The van der Waals surface area contributed by atoms with Gasteiger partial charge in [0.2, 0.25) is 0 Å². The number of aromatic nitrogens is 3. The van der Waals surface area contributed by atoms with Gasteiger partial charge in [-0.3, -0.25) is 4.79 Å². The lowest BCUT2D eigenvalue weighted by atomic mass is 10.3. The summed E-state index contributed by atoms with van der Waals surface area (Å²) in [5.74, 6) is -1.70. The predicted molar refractivity (Wildman–Crippen MR) is 88.1 cm³/mol. The van der Waals surface area contributed by atoms with Crippen molar-refractivity contribution in [2.24, 2.45) is 0 Å². The molecule has 7 heteroatoms. The van der Waals surface area contributed by atoms with E-state index >= 15 is 0 Å². The third kappa shape index (κ3) is 2.65. The molecule has 0 aliphatic rings. The van der Waals surface area contributed by atoms with Crippen molar-refractivity contribution < 1.29 is 13.5 Å². The second-order valence-corrected chi connectivity index (χ2v) is 5.33. The van der Waals surface area contributed by atoms with Crippen LogP contribution in [-0.2, 0) is 0 Å². The van der Waals surface area contributed by atoms with E-state index in [1.165, 1.54) is 6.07 Å². The van der Waals surface area contributed by atoms with Crippen LogP contribution in [-0.4, -0.2) is 14.8 Å². The molecule has 1 N–H and O–H groups in total. The fourth-order valence-electron chi connectivity index (χ4n) is 2.58. The highest BCUT2D eigenvalue weighted by molar-refractivity contribution is 5.79. The molecule has 4 aromatic rings. The first-order valence-corrected chi connectivity index (χ1v) is 7.40. The molecule has 0 unspecified atom stereocenters. The Hall–Kier alpha value is -3.48. The van der Waals surface area contributed by atoms with E-state index in [9.17, 15) is 13.6 Å². The van der Waals surface area contributed by atoms with E-state index in [2.05, 4.69) is 10.2 Å². The van der Waals surface area contributed by atoms with Crippen LogP contribution in [0, 0.1) is 11.6 Å². The number of hydrogen-bond acceptors (Lipinski definition) is 3. The van der Waals surface area contributed by atoms with E-state index in [0.29, 0.717) is 16.7 Å². The first-order chi connectivity index (χ1) is 12.1. The average molecular weight is 339 g/mol. The van der Waals surface area contributed by atoms with Gasteiger partial charge in [-0.15, -0.1) is 0 Å². The fourth-order valence-corrected chi connectivity index (χ4v) is 2.58. The number of aromatic amines is 1. The van der Waals surface area contributed by atoms with E-state index in [4.69, 9.17) is 4.74 Å². The Balaban J connectivity index is 1.68. The van der Waals surface area contributed by atoms with Gasteiger partial charge in [0.1, 0.15) is 5.75 Å². The minimum atomic E-state index is -0.772. The molecule has 0 atom stereocenters. The maximum Gasteiger partial charge on any atom is 0.273 e. The lowest BCUT2D eigenvalue weighted by molar-refractivity contribution is 0.407. The summed E-state index contributed by atoms with van der Waals surface area (Å²) in [7, 11) is 0. The standard InChI is InChI=1S/C18H11F2N3O2/c19-14-2-1-3-15(20)17(14)25-12-6-4-11(5-7-12)23-9-8-13-16(23)10-21-22-18(13)24/h1-10H,(H,22,24). The van der Waals surface area contributed by atoms with Gasteiger partial charge in [0, 0.05) is 11.9 Å². The number of rotatable bonds is 3. The van der Waals surface area contributed by atoms with Gasteiger partial charge in [-0.25, -0.2) is 13.9 Å². The first-order valence-electron chi connectivity index (χ1n) is 7.40. The Morgan fingerprint density at radius 3 is 2.44 bits per heavy atom. The van der Waals surface area contributed by atoms with Gasteiger partial charge in [-0.05, 0) is 42.5 Å². The highest BCUT2D eigenvalue weighted by Gasteiger charge is 2.11. The molecular weight excluding hydrogens is 328 g/mol. The Morgan fingerprint density at radius 2 is 1.72 bits per heavy atom. The van der Waals surface area contributed by atoms with Crippen LogP contribution in [0.15, 0.2) is 65.7 Å². The quantitative estimate of drug-likeness (QED) is 0.618. The Bertz CT molecular complexity index is 1100. The van der Waals surface area contributed by atoms with Crippen molar-refractivity contribution in [3.63, 3.8) is 0 Å². The SMILES string of the molecule is O=c1[nH]ncc2c1ccn2-c1ccc(Oc2c(F)cccc2F)cc1. The maximum atomic E-state index is 13.6. The predicted octanol–water partition coefficient (Wildman–Crippen LogP) is 3.78. The monoisotopic (exact) mass is 339 g/mol. The summed E-state index contributed by atoms with van der Waals surface area (Å²) in [5.41, 5.74) is 1.13. The van der Waals surface area contributed by atoms with E-state index < -0.39 is 17.4 Å². The van der Waals surface area contributed by atoms with Crippen molar-refractivity contribution in [2.45, 2.75) is 0 Å². The summed E-state index contributed by atoms with van der Waals surface area (Å²) in [4.78, 5) is 11.7. The molecule has 124 valence electrons. The van der Waals surface area contributed by atoms with Crippen LogP contribution in [0.3, 0.4) is 0 Å². The largest absolute Gasteiger partial charge is 0.451 e. The number of benzene rings is 2. The molecule has 0 fully saturated rings. The normalized spacial score (nSPS) is 11.0. The molecule has 2 aromatic heterocycles. The maximum absolute atomic E-state index is 13.6. The van der Waals surface area contributed by atoms with Crippen molar-refractivity contribution in [3.8, 4) is 17.2 Å². The van der Waals surface area contributed by atoms with Crippen molar-refractivity contribution in [1.29, 1.82) is 0 Å². The number of fused-ring (bicyclic) bond motifs is 1. The Labute approximate surface area is 140 Å². The van der Waals surface area contributed by atoms with Gasteiger partial charge in [0.05, 0.1) is 17.1 Å². The van der Waals surface area contributed by atoms with Crippen molar-refractivity contribution in [2.75, 3.05) is 0 Å². The summed E-state index contributed by atoms with van der Waals surface area (Å²) in [6.07, 6.45) is 3.30. The second kappa shape index (κ2) is 5.86. The molecule has 0 bridgehead atoms. The Morgan fingerprint density at radius 1 is 1.00 bits per heavy atom. The van der Waals surface area contributed by atoms with Crippen LogP contribution < -0.4 is 10.3 Å². The fraction of sp³-hybridized carbons (Fsp3) is 0. The second-order valence-electron chi connectivity index (χ2n) is 5.33. The number of halogens is 2. The third-order valence-corrected chi connectivity index (χ3v) is 3.78. The van der Waals surface area contributed by atoms with Crippen LogP contribution in [0.4, 0.5) is 8.78 Å². The topological polar surface area (TPSA) is 59.9 Å². The van der Waals surface area contributed by atoms with Crippen LogP contribution >= 0.6 is 0 Å². The average Bonchev–Trinajstić information content (AvgIpc) is 3.04. The summed E-state index contributed by atoms with van der Waals surface area (Å²) in [6, 6.07) is 11.8. The van der Waals surface area contributed by atoms with E-state index in [1.807, 2.05) is 0 Å². The lowest BCUT2D eigenvalue weighted by Gasteiger charge is -2.09. The van der Waals surface area contributed by atoms with Gasteiger partial charge in [0.25, 0.3) is 5.56 Å². The van der Waals surface area contributed by atoms with Gasteiger partial charge in [0.15, 0.2) is 17.4 Å². The molecule has 2 aromatic carbocycles. The molecule has 0 saturated carbocycles. The number of ether oxygens (including phenoxy) is 1. The van der Waals surface area contributed by atoms with E-state index in [0.717, 1.165) is 17.8 Å². The van der Waals surface area contributed by atoms with Crippen molar-refractivity contribution in [1.82, 2.24) is 14.8 Å². The molecule has 2 heterocycles. The van der Waals surface area contributed by atoms with Crippen molar-refractivity contribution >= 4 is 10.9 Å². The molecule has 0 aliphatic carbocycles. The Kier molecular flexibility index (Phi) is 3.53. The minimum absolute atomic E-state index is 0.272. The number of nitrogens with zero attached hydrogens (tertiary/aromatic N) is 2.